The van der Waals surface area contributed by atoms with Gasteiger partial charge in [0.1, 0.15) is 11.6 Å². The lowest BCUT2D eigenvalue weighted by Crippen LogP contribution is -2.48. The van der Waals surface area contributed by atoms with Crippen LogP contribution in [0.1, 0.15) is 5.56 Å². The average Bonchev–Trinajstić information content (AvgIpc) is 2.70. The van der Waals surface area contributed by atoms with E-state index in [2.05, 4.69) is 14.5 Å². The first-order valence-electron chi connectivity index (χ1n) is 9.29. The van der Waals surface area contributed by atoms with Gasteiger partial charge in [-0.3, -0.25) is 4.90 Å². The summed E-state index contributed by atoms with van der Waals surface area (Å²) in [5.41, 5.74) is 1.26. The molecule has 8 heteroatoms. The lowest BCUT2D eigenvalue weighted by atomic mass is 10.2. The van der Waals surface area contributed by atoms with Crippen LogP contribution in [0.4, 0.5) is 10.1 Å². The van der Waals surface area contributed by atoms with E-state index in [0.717, 1.165) is 37.6 Å². The fourth-order valence-corrected chi connectivity index (χ4v) is 4.48. The van der Waals surface area contributed by atoms with Gasteiger partial charge in [-0.15, -0.1) is 0 Å². The van der Waals surface area contributed by atoms with Crippen molar-refractivity contribution in [2.24, 2.45) is 0 Å². The summed E-state index contributed by atoms with van der Waals surface area (Å²) in [6.07, 6.45) is 0. The molecule has 1 heterocycles. The molecule has 0 spiro atoms. The number of hydrogen-bond acceptors (Lipinski definition) is 5. The highest BCUT2D eigenvalue weighted by Crippen LogP contribution is 2.28. The van der Waals surface area contributed by atoms with Crippen LogP contribution in [0.3, 0.4) is 0 Å². The summed E-state index contributed by atoms with van der Waals surface area (Å²) in [6, 6.07) is 13.9. The van der Waals surface area contributed by atoms with Crippen LogP contribution in [0.5, 0.6) is 5.75 Å². The summed E-state index contributed by atoms with van der Waals surface area (Å²) in [4.78, 5) is 4.50. The van der Waals surface area contributed by atoms with Gasteiger partial charge in [0.05, 0.1) is 18.6 Å². The van der Waals surface area contributed by atoms with Gasteiger partial charge in [-0.25, -0.2) is 17.5 Å². The number of ether oxygens (including phenoxy) is 1. The lowest BCUT2D eigenvalue weighted by Gasteiger charge is -2.36. The molecule has 0 radical (unpaired) electrons. The van der Waals surface area contributed by atoms with Crippen LogP contribution in [0, 0.1) is 5.82 Å². The Morgan fingerprint density at radius 3 is 2.43 bits per heavy atom. The molecule has 0 unspecified atom stereocenters. The van der Waals surface area contributed by atoms with E-state index in [-0.39, 0.29) is 11.3 Å². The molecule has 0 amide bonds. The molecule has 6 nitrogen and oxygen atoms in total. The van der Waals surface area contributed by atoms with Crippen molar-refractivity contribution in [2.75, 3.05) is 51.3 Å². The third-order valence-electron chi connectivity index (χ3n) is 4.85. The Bertz CT molecular complexity index is 884. The Hall–Kier alpha value is -2.16. The second kappa shape index (κ2) is 9.36. The molecule has 0 aromatic heterocycles. The van der Waals surface area contributed by atoms with E-state index in [1.54, 1.807) is 19.2 Å². The van der Waals surface area contributed by atoms with Crippen LogP contribution in [0.2, 0.25) is 0 Å². The second-order valence-electron chi connectivity index (χ2n) is 6.75. The van der Waals surface area contributed by atoms with E-state index in [4.69, 9.17) is 4.74 Å². The molecule has 152 valence electrons. The van der Waals surface area contributed by atoms with Gasteiger partial charge in [0.2, 0.25) is 10.0 Å². The maximum atomic E-state index is 13.6. The highest BCUT2D eigenvalue weighted by atomic mass is 32.2. The smallest absolute Gasteiger partial charge is 0.215 e. The van der Waals surface area contributed by atoms with Crippen molar-refractivity contribution in [3.63, 3.8) is 0 Å². The Morgan fingerprint density at radius 2 is 1.71 bits per heavy atom. The largest absolute Gasteiger partial charge is 0.495 e. The minimum atomic E-state index is -3.56. The topological polar surface area (TPSA) is 61.9 Å². The Balaban J connectivity index is 1.45. The second-order valence-corrected chi connectivity index (χ2v) is 8.55. The number of halogens is 1. The van der Waals surface area contributed by atoms with Crippen LogP contribution in [-0.2, 0) is 15.8 Å². The van der Waals surface area contributed by atoms with E-state index in [1.807, 2.05) is 24.3 Å². The van der Waals surface area contributed by atoms with Gasteiger partial charge in [-0.2, -0.15) is 0 Å². The van der Waals surface area contributed by atoms with Crippen molar-refractivity contribution in [2.45, 2.75) is 5.75 Å². The van der Waals surface area contributed by atoms with Gasteiger partial charge >= 0.3 is 0 Å². The number of methoxy groups -OCH3 is 1. The maximum absolute atomic E-state index is 13.6. The Labute approximate surface area is 166 Å². The highest BCUT2D eigenvalue weighted by Gasteiger charge is 2.20. The summed E-state index contributed by atoms with van der Waals surface area (Å²) in [5.74, 6) is 0.0125. The van der Waals surface area contributed by atoms with Crippen LogP contribution in [0.25, 0.3) is 0 Å². The van der Waals surface area contributed by atoms with Crippen molar-refractivity contribution in [1.29, 1.82) is 0 Å². The first-order valence-corrected chi connectivity index (χ1v) is 10.9. The van der Waals surface area contributed by atoms with E-state index < -0.39 is 15.8 Å². The molecule has 3 rings (SSSR count). The summed E-state index contributed by atoms with van der Waals surface area (Å²) in [5, 5.41) is 0. The summed E-state index contributed by atoms with van der Waals surface area (Å²) in [6.45, 7) is 4.31. The number of piperazine rings is 1. The van der Waals surface area contributed by atoms with Gasteiger partial charge < -0.3 is 9.64 Å². The Kier molecular flexibility index (Phi) is 6.88. The lowest BCUT2D eigenvalue weighted by molar-refractivity contribution is 0.261. The van der Waals surface area contributed by atoms with Crippen molar-refractivity contribution >= 4 is 15.7 Å². The molecule has 1 aliphatic rings. The third kappa shape index (κ3) is 5.43. The molecule has 0 bridgehead atoms. The fraction of sp³-hybridized carbons (Fsp3) is 0.400. The van der Waals surface area contributed by atoms with Gasteiger partial charge in [-0.05, 0) is 18.2 Å². The maximum Gasteiger partial charge on any atom is 0.215 e. The van der Waals surface area contributed by atoms with Crippen LogP contribution in [-0.4, -0.2) is 59.7 Å². The number of para-hydroxylation sites is 2. The molecule has 0 aliphatic carbocycles. The molecule has 2 aromatic carbocycles. The van der Waals surface area contributed by atoms with Crippen molar-refractivity contribution in [3.8, 4) is 5.75 Å². The van der Waals surface area contributed by atoms with E-state index in [0.29, 0.717) is 13.1 Å². The number of sulfonamides is 1. The molecule has 0 saturated carbocycles. The number of nitrogens with zero attached hydrogens (tertiary/aromatic N) is 2. The summed E-state index contributed by atoms with van der Waals surface area (Å²) < 4.78 is 46.0. The minimum Gasteiger partial charge on any atom is -0.495 e. The molecular formula is C20H26FN3O3S. The summed E-state index contributed by atoms with van der Waals surface area (Å²) in [7, 11) is -1.90. The van der Waals surface area contributed by atoms with E-state index in [1.165, 1.54) is 12.1 Å². The number of hydrogen-bond donors (Lipinski definition) is 1. The molecule has 0 atom stereocenters. The predicted molar refractivity (Wildman–Crippen MR) is 109 cm³/mol. The molecule has 2 aromatic rings. The van der Waals surface area contributed by atoms with Crippen molar-refractivity contribution < 1.29 is 17.5 Å². The monoisotopic (exact) mass is 407 g/mol. The normalized spacial score (nSPS) is 15.6. The highest BCUT2D eigenvalue weighted by molar-refractivity contribution is 7.88. The van der Waals surface area contributed by atoms with Crippen LogP contribution < -0.4 is 14.4 Å². The predicted octanol–water partition coefficient (Wildman–Crippen LogP) is 2.08. The SMILES string of the molecule is COc1ccccc1N1CCN(CCNS(=O)(=O)Cc2ccccc2F)CC1. The molecular weight excluding hydrogens is 381 g/mol. The van der Waals surface area contributed by atoms with Crippen LogP contribution >= 0.6 is 0 Å². The number of nitrogens with one attached hydrogen (secondary N) is 1. The molecule has 1 aliphatic heterocycles. The van der Waals surface area contributed by atoms with Gasteiger partial charge in [-0.1, -0.05) is 30.3 Å². The molecule has 28 heavy (non-hydrogen) atoms. The van der Waals surface area contributed by atoms with Crippen molar-refractivity contribution in [3.05, 3.63) is 59.9 Å². The fourth-order valence-electron chi connectivity index (χ4n) is 3.33. The first-order chi connectivity index (χ1) is 13.5. The third-order valence-corrected chi connectivity index (χ3v) is 6.19. The zero-order valence-corrected chi connectivity index (χ0v) is 16.8. The average molecular weight is 408 g/mol. The van der Waals surface area contributed by atoms with E-state index in [9.17, 15) is 12.8 Å². The number of rotatable bonds is 8. The number of anilines is 1. The van der Waals surface area contributed by atoms with Gasteiger partial charge in [0, 0.05) is 44.8 Å². The quantitative estimate of drug-likeness (QED) is 0.726. The number of benzene rings is 2. The molecule has 1 fully saturated rings. The van der Waals surface area contributed by atoms with Crippen molar-refractivity contribution in [1.82, 2.24) is 9.62 Å². The van der Waals surface area contributed by atoms with Gasteiger partial charge in [0.15, 0.2) is 0 Å². The van der Waals surface area contributed by atoms with Gasteiger partial charge in [0.25, 0.3) is 0 Å². The zero-order chi connectivity index (χ0) is 20.0. The summed E-state index contributed by atoms with van der Waals surface area (Å²) >= 11 is 0. The minimum absolute atomic E-state index is 0.181. The van der Waals surface area contributed by atoms with E-state index >= 15 is 0 Å². The standard InChI is InChI=1S/C20H26FN3O3S/c1-27-20-9-5-4-8-19(20)24-14-12-23(13-15-24)11-10-22-28(25,26)16-17-6-2-3-7-18(17)21/h2-9,22H,10-16H2,1H3. The zero-order valence-electron chi connectivity index (χ0n) is 16.0. The molecule has 1 saturated heterocycles. The first kappa shape index (κ1) is 20.6. The Morgan fingerprint density at radius 1 is 1.04 bits per heavy atom. The van der Waals surface area contributed by atoms with Crippen LogP contribution in [0.15, 0.2) is 48.5 Å². The molecule has 1 N–H and O–H groups in total.